The van der Waals surface area contributed by atoms with Crippen LogP contribution < -0.4 is 5.32 Å². The molecule has 0 aliphatic rings. The zero-order valence-electron chi connectivity index (χ0n) is 6.34. The number of benzene rings is 1. The van der Waals surface area contributed by atoms with Crippen LogP contribution in [0.25, 0.3) is 0 Å². The largest absolute Gasteiger partial charge is 0.328 e. The minimum Gasteiger partial charge on any atom is -0.328 e. The first-order valence-corrected chi connectivity index (χ1v) is 4.74. The van der Waals surface area contributed by atoms with Crippen molar-refractivity contribution in [2.24, 2.45) is 0 Å². The molecule has 0 aliphatic heterocycles. The lowest BCUT2D eigenvalue weighted by molar-refractivity contribution is -0.105. The van der Waals surface area contributed by atoms with Crippen molar-refractivity contribution in [1.82, 2.24) is 0 Å². The molecule has 66 valence electrons. The van der Waals surface area contributed by atoms with E-state index in [-0.39, 0.29) is 0 Å². The fourth-order valence-corrected chi connectivity index (χ4v) is 1.64. The second-order valence-electron chi connectivity index (χ2n) is 2.19. The van der Waals surface area contributed by atoms with Crippen molar-refractivity contribution in [3.63, 3.8) is 0 Å². The van der Waals surface area contributed by atoms with Gasteiger partial charge in [-0.05, 0) is 34.7 Å². The van der Waals surface area contributed by atoms with Gasteiger partial charge in [0.1, 0.15) is 6.07 Å². The van der Waals surface area contributed by atoms with Crippen molar-refractivity contribution < 1.29 is 4.79 Å². The van der Waals surface area contributed by atoms with Crippen LogP contribution in [0.15, 0.2) is 12.1 Å². The Morgan fingerprint density at radius 3 is 2.85 bits per heavy atom. The van der Waals surface area contributed by atoms with E-state index in [1.807, 2.05) is 28.7 Å². The summed E-state index contributed by atoms with van der Waals surface area (Å²) in [6.45, 7) is 0. The lowest BCUT2D eigenvalue weighted by Gasteiger charge is -2.03. The Morgan fingerprint density at radius 2 is 2.31 bits per heavy atom. The summed E-state index contributed by atoms with van der Waals surface area (Å²) in [5, 5.41) is 11.5. The van der Waals surface area contributed by atoms with E-state index in [1.165, 1.54) is 0 Å². The number of nitrogens with one attached hydrogen (secondary N) is 1. The Morgan fingerprint density at radius 1 is 1.62 bits per heavy atom. The first kappa shape index (κ1) is 10.3. The number of anilines is 1. The Balaban J connectivity index is 3.21. The van der Waals surface area contributed by atoms with Gasteiger partial charge in [-0.1, -0.05) is 11.6 Å². The average Bonchev–Trinajstić information content (AvgIpc) is 2.11. The number of rotatable bonds is 2. The minimum atomic E-state index is 0.340. The highest BCUT2D eigenvalue weighted by Crippen LogP contribution is 2.25. The molecule has 0 aliphatic carbocycles. The number of hydrogen-bond donors (Lipinski definition) is 1. The Kier molecular flexibility index (Phi) is 3.51. The fraction of sp³-hybridized carbons (Fsp3) is 0. The van der Waals surface area contributed by atoms with Gasteiger partial charge in [-0.2, -0.15) is 5.26 Å². The van der Waals surface area contributed by atoms with E-state index in [2.05, 4.69) is 5.32 Å². The summed E-state index contributed by atoms with van der Waals surface area (Å²) in [6, 6.07) is 5.12. The number of halogens is 2. The standard InChI is InChI=1S/C8H4ClIN2O/c9-6-2-8(12-4-13)7(10)1-5(6)3-11/h1-2,4H,(H,12,13). The van der Waals surface area contributed by atoms with Gasteiger partial charge in [0.05, 0.1) is 16.3 Å². The van der Waals surface area contributed by atoms with Crippen LogP contribution in [0.2, 0.25) is 5.02 Å². The van der Waals surface area contributed by atoms with E-state index in [4.69, 9.17) is 16.9 Å². The molecule has 1 amide bonds. The van der Waals surface area contributed by atoms with Crippen molar-refractivity contribution in [3.05, 3.63) is 26.3 Å². The third-order valence-electron chi connectivity index (χ3n) is 1.39. The smallest absolute Gasteiger partial charge is 0.211 e. The summed E-state index contributed by atoms with van der Waals surface area (Å²) < 4.78 is 0.783. The van der Waals surface area contributed by atoms with Crippen molar-refractivity contribution in [1.29, 1.82) is 5.26 Å². The number of hydrogen-bond acceptors (Lipinski definition) is 2. The van der Waals surface area contributed by atoms with Gasteiger partial charge in [-0.25, -0.2) is 0 Å². The molecule has 0 spiro atoms. The van der Waals surface area contributed by atoms with Crippen LogP contribution >= 0.6 is 34.2 Å². The molecule has 1 aromatic rings. The van der Waals surface area contributed by atoms with E-state index in [0.717, 1.165) is 3.57 Å². The molecule has 0 aromatic heterocycles. The molecule has 0 saturated carbocycles. The molecule has 0 saturated heterocycles. The molecule has 5 heteroatoms. The average molecular weight is 306 g/mol. The second-order valence-corrected chi connectivity index (χ2v) is 3.76. The zero-order valence-corrected chi connectivity index (χ0v) is 9.26. The maximum atomic E-state index is 10.2. The Hall–Kier alpha value is -0.800. The van der Waals surface area contributed by atoms with Crippen LogP contribution in [0.3, 0.4) is 0 Å². The molecule has 1 aromatic carbocycles. The number of carbonyl (C=O) groups excluding carboxylic acids is 1. The molecule has 13 heavy (non-hydrogen) atoms. The van der Waals surface area contributed by atoms with E-state index in [9.17, 15) is 4.79 Å². The molecular formula is C8H4ClIN2O. The predicted octanol–water partition coefficient (Wildman–Crippen LogP) is 2.38. The third-order valence-corrected chi connectivity index (χ3v) is 2.60. The summed E-state index contributed by atoms with van der Waals surface area (Å²) in [6.07, 6.45) is 0.569. The summed E-state index contributed by atoms with van der Waals surface area (Å²) in [5.41, 5.74) is 1.02. The van der Waals surface area contributed by atoms with E-state index >= 15 is 0 Å². The molecule has 3 nitrogen and oxygen atoms in total. The van der Waals surface area contributed by atoms with Crippen molar-refractivity contribution in [2.75, 3.05) is 5.32 Å². The van der Waals surface area contributed by atoms with E-state index in [1.54, 1.807) is 12.1 Å². The van der Waals surface area contributed by atoms with Crippen molar-refractivity contribution in [3.8, 4) is 6.07 Å². The lowest BCUT2D eigenvalue weighted by Crippen LogP contribution is -1.97. The summed E-state index contributed by atoms with van der Waals surface area (Å²) in [4.78, 5) is 10.2. The van der Waals surface area contributed by atoms with Gasteiger partial charge in [-0.15, -0.1) is 0 Å². The highest BCUT2D eigenvalue weighted by atomic mass is 127. The second kappa shape index (κ2) is 4.44. The predicted molar refractivity (Wildman–Crippen MR) is 58.6 cm³/mol. The van der Waals surface area contributed by atoms with Crippen molar-refractivity contribution in [2.45, 2.75) is 0 Å². The molecule has 0 unspecified atom stereocenters. The lowest BCUT2D eigenvalue weighted by atomic mass is 10.2. The number of carbonyl (C=O) groups is 1. The summed E-state index contributed by atoms with van der Waals surface area (Å²) in [7, 11) is 0. The molecule has 0 bridgehead atoms. The maximum absolute atomic E-state index is 10.2. The highest BCUT2D eigenvalue weighted by molar-refractivity contribution is 14.1. The molecule has 0 fully saturated rings. The van der Waals surface area contributed by atoms with Gasteiger partial charge in [0.2, 0.25) is 6.41 Å². The maximum Gasteiger partial charge on any atom is 0.211 e. The monoisotopic (exact) mass is 306 g/mol. The quantitative estimate of drug-likeness (QED) is 0.674. The van der Waals surface area contributed by atoms with Crippen molar-refractivity contribution >= 4 is 46.3 Å². The van der Waals surface area contributed by atoms with E-state index < -0.39 is 0 Å². The molecular weight excluding hydrogens is 302 g/mol. The third kappa shape index (κ3) is 2.32. The highest BCUT2D eigenvalue weighted by Gasteiger charge is 2.05. The van der Waals surface area contributed by atoms with E-state index in [0.29, 0.717) is 22.7 Å². The van der Waals surface area contributed by atoms with Gasteiger partial charge < -0.3 is 5.32 Å². The number of nitriles is 1. The van der Waals surface area contributed by atoms with Crippen LogP contribution in [0.4, 0.5) is 5.69 Å². The zero-order chi connectivity index (χ0) is 9.84. The molecule has 0 radical (unpaired) electrons. The molecule has 1 N–H and O–H groups in total. The number of nitrogens with zero attached hydrogens (tertiary/aromatic N) is 1. The Labute approximate surface area is 93.8 Å². The van der Waals surface area contributed by atoms with Crippen LogP contribution in [-0.4, -0.2) is 6.41 Å². The van der Waals surface area contributed by atoms with Crippen LogP contribution in [0.5, 0.6) is 0 Å². The van der Waals surface area contributed by atoms with Gasteiger partial charge in [0.25, 0.3) is 0 Å². The Bertz CT molecular complexity index is 386. The first-order valence-electron chi connectivity index (χ1n) is 3.28. The fourth-order valence-electron chi connectivity index (χ4n) is 0.807. The normalized spacial score (nSPS) is 9.00. The van der Waals surface area contributed by atoms with Gasteiger partial charge in [0, 0.05) is 3.57 Å². The molecule has 0 heterocycles. The van der Waals surface area contributed by atoms with Gasteiger partial charge in [-0.3, -0.25) is 4.79 Å². The molecule has 1 rings (SSSR count). The SMILES string of the molecule is N#Cc1cc(I)c(NC=O)cc1Cl. The van der Waals surface area contributed by atoms with Gasteiger partial charge >= 0.3 is 0 Å². The van der Waals surface area contributed by atoms with Crippen LogP contribution in [0, 0.1) is 14.9 Å². The number of amides is 1. The topological polar surface area (TPSA) is 52.9 Å². The van der Waals surface area contributed by atoms with Crippen LogP contribution in [-0.2, 0) is 4.79 Å². The van der Waals surface area contributed by atoms with Crippen LogP contribution in [0.1, 0.15) is 5.56 Å². The first-order chi connectivity index (χ1) is 6.19. The molecule has 0 atom stereocenters. The van der Waals surface area contributed by atoms with Gasteiger partial charge in [0.15, 0.2) is 0 Å². The summed E-state index contributed by atoms with van der Waals surface area (Å²) in [5.74, 6) is 0. The minimum absolute atomic E-state index is 0.340. The summed E-state index contributed by atoms with van der Waals surface area (Å²) >= 11 is 7.77.